The summed E-state index contributed by atoms with van der Waals surface area (Å²) >= 11 is 0. The Balaban J connectivity index is 2.94. The summed E-state index contributed by atoms with van der Waals surface area (Å²) in [6.07, 6.45) is 0.549. The number of nitrogens with zero attached hydrogens (tertiary/aromatic N) is 1. The van der Waals surface area contributed by atoms with Crippen LogP contribution in [0.4, 0.5) is 4.79 Å². The Bertz CT molecular complexity index is 894. The van der Waals surface area contributed by atoms with Crippen molar-refractivity contribution in [2.24, 2.45) is 11.8 Å². The molecule has 5 N–H and O–H groups in total. The van der Waals surface area contributed by atoms with Gasteiger partial charge in [0.15, 0.2) is 0 Å². The van der Waals surface area contributed by atoms with E-state index in [4.69, 9.17) is 0 Å². The molecule has 1 rings (SSSR count). The summed E-state index contributed by atoms with van der Waals surface area (Å²) in [5.74, 6) is -3.02. The van der Waals surface area contributed by atoms with Crippen LogP contribution in [0.3, 0.4) is 0 Å². The third-order valence-corrected chi connectivity index (χ3v) is 6.53. The molecule has 0 spiro atoms. The number of amides is 5. The number of benzene rings is 1. The zero-order chi connectivity index (χ0) is 26.5. The number of rotatable bonds is 13. The van der Waals surface area contributed by atoms with Crippen LogP contribution in [0, 0.1) is 11.8 Å². The van der Waals surface area contributed by atoms with Gasteiger partial charge in [0.05, 0.1) is 23.8 Å². The lowest BCUT2D eigenvalue weighted by molar-refractivity contribution is -0.157. The minimum absolute atomic E-state index is 0.00163. The molecule has 0 aromatic heterocycles. The van der Waals surface area contributed by atoms with Crippen LogP contribution >= 0.6 is 0 Å². The molecule has 1 aromatic carbocycles. The van der Waals surface area contributed by atoms with E-state index in [1.807, 2.05) is 13.8 Å². The van der Waals surface area contributed by atoms with Gasteiger partial charge in [-0.25, -0.2) is 10.3 Å². The van der Waals surface area contributed by atoms with Crippen LogP contribution in [-0.2, 0) is 30.0 Å². The molecule has 0 saturated carbocycles. The number of aromatic hydroxyl groups is 1. The predicted molar refractivity (Wildman–Crippen MR) is 126 cm³/mol. The molecule has 12 nitrogen and oxygen atoms in total. The summed E-state index contributed by atoms with van der Waals surface area (Å²) in [5, 5.41) is 24.2. The summed E-state index contributed by atoms with van der Waals surface area (Å²) in [7, 11) is 0.940. The van der Waals surface area contributed by atoms with E-state index >= 15 is 0 Å². The van der Waals surface area contributed by atoms with E-state index in [0.29, 0.717) is 11.3 Å². The van der Waals surface area contributed by atoms with Crippen molar-refractivity contribution in [2.45, 2.75) is 50.5 Å². The van der Waals surface area contributed by atoms with Crippen molar-refractivity contribution < 1.29 is 38.5 Å². The largest absolute Gasteiger partial charge is 0.508 e. The molecule has 0 aliphatic carbocycles. The summed E-state index contributed by atoms with van der Waals surface area (Å²) in [4.78, 5) is 54.1. The first-order valence-electron chi connectivity index (χ1n) is 11.0. The molecule has 1 aromatic rings. The second-order valence-corrected chi connectivity index (χ2v) is 9.70. The molecule has 0 aliphatic heterocycles. The Morgan fingerprint density at radius 1 is 1.09 bits per heavy atom. The molecule has 13 heteroatoms. The number of hydrogen-bond acceptors (Lipinski definition) is 8. The second kappa shape index (κ2) is 15.1. The van der Waals surface area contributed by atoms with Crippen molar-refractivity contribution in [3.8, 4) is 5.75 Å². The quantitative estimate of drug-likeness (QED) is 0.192. The summed E-state index contributed by atoms with van der Waals surface area (Å²) in [6.45, 7) is 3.88. The van der Waals surface area contributed by atoms with Crippen LogP contribution in [0.15, 0.2) is 29.2 Å². The molecular formula is C22H34N4O8S. The average molecular weight is 515 g/mol. The Labute approximate surface area is 206 Å². The smallest absolute Gasteiger partial charge is 0.349 e. The highest BCUT2D eigenvalue weighted by molar-refractivity contribution is 7.85. The van der Waals surface area contributed by atoms with E-state index in [2.05, 4.69) is 21.0 Å². The molecule has 5 amide bonds. The number of phenols is 1. The molecular weight excluding hydrogens is 480 g/mol. The predicted octanol–water partition coefficient (Wildman–Crippen LogP) is 1.05. The molecule has 35 heavy (non-hydrogen) atoms. The number of carbonyl (C=O) groups is 4. The molecule has 196 valence electrons. The Morgan fingerprint density at radius 2 is 1.71 bits per heavy atom. The average Bonchev–Trinajstić information content (AvgIpc) is 2.82. The fourth-order valence-corrected chi connectivity index (χ4v) is 4.36. The summed E-state index contributed by atoms with van der Waals surface area (Å²) in [6, 6.07) is 3.21. The topological polar surface area (TPSA) is 174 Å². The van der Waals surface area contributed by atoms with Crippen LogP contribution < -0.4 is 16.1 Å². The molecule has 3 atom stereocenters. The number of carbonyl (C=O) groups excluding carboxylic acids is 4. The first-order chi connectivity index (χ1) is 16.5. The van der Waals surface area contributed by atoms with Crippen molar-refractivity contribution in [3.05, 3.63) is 24.3 Å². The van der Waals surface area contributed by atoms with Crippen LogP contribution in [0.5, 0.6) is 5.75 Å². The molecule has 0 radical (unpaired) electrons. The van der Waals surface area contributed by atoms with Gasteiger partial charge in [-0.3, -0.25) is 28.6 Å². The maximum atomic E-state index is 12.9. The van der Waals surface area contributed by atoms with Gasteiger partial charge in [-0.15, -0.1) is 5.06 Å². The van der Waals surface area contributed by atoms with Crippen LogP contribution in [0.2, 0.25) is 0 Å². The number of hydroxylamine groups is 3. The highest BCUT2D eigenvalue weighted by atomic mass is 32.2. The molecule has 1 unspecified atom stereocenters. The van der Waals surface area contributed by atoms with Crippen molar-refractivity contribution in [1.82, 2.24) is 21.2 Å². The highest BCUT2D eigenvalue weighted by Crippen LogP contribution is 2.20. The van der Waals surface area contributed by atoms with Crippen molar-refractivity contribution in [2.75, 3.05) is 19.9 Å². The standard InChI is InChI=1S/C22H34N4O8S/c1-14(2)5-6-15(13-35(33)17-9-7-16(27)8-10-17)21(30)26(32)22(31)24-18(20(29)23-3)11-12-19(28)25-34-4/h7-10,14-15,18,27,32H,5-6,11-13H2,1-4H3,(H,23,29)(H,24,31)(H,25,28)/t15-,18+,35?/m1/s1. The van der Waals surface area contributed by atoms with E-state index in [1.54, 1.807) is 0 Å². The minimum Gasteiger partial charge on any atom is -0.508 e. The highest BCUT2D eigenvalue weighted by Gasteiger charge is 2.32. The van der Waals surface area contributed by atoms with Crippen molar-refractivity contribution >= 4 is 34.6 Å². The van der Waals surface area contributed by atoms with Gasteiger partial charge in [0.1, 0.15) is 11.8 Å². The van der Waals surface area contributed by atoms with E-state index in [-0.39, 0.29) is 41.7 Å². The van der Waals surface area contributed by atoms with E-state index in [1.165, 1.54) is 38.4 Å². The molecule has 0 heterocycles. The zero-order valence-corrected chi connectivity index (χ0v) is 21.1. The van der Waals surface area contributed by atoms with E-state index < -0.39 is 46.5 Å². The van der Waals surface area contributed by atoms with Crippen LogP contribution in [0.25, 0.3) is 0 Å². The maximum Gasteiger partial charge on any atom is 0.349 e. The molecule has 0 saturated heterocycles. The Kier molecular flexibility index (Phi) is 12.9. The summed E-state index contributed by atoms with van der Waals surface area (Å²) < 4.78 is 12.8. The normalized spacial score (nSPS) is 13.4. The van der Waals surface area contributed by atoms with Gasteiger partial charge in [-0.2, -0.15) is 0 Å². The molecule has 0 bridgehead atoms. The summed E-state index contributed by atoms with van der Waals surface area (Å²) in [5.41, 5.74) is 2.08. The Hall–Kier alpha value is -3.03. The van der Waals surface area contributed by atoms with E-state index in [0.717, 1.165) is 0 Å². The lowest BCUT2D eigenvalue weighted by atomic mass is 9.98. The van der Waals surface area contributed by atoms with Gasteiger partial charge in [0.25, 0.3) is 5.91 Å². The second-order valence-electron chi connectivity index (χ2n) is 8.21. The molecule has 0 fully saturated rings. The number of urea groups is 1. The number of nitrogens with one attached hydrogen (secondary N) is 3. The zero-order valence-electron chi connectivity index (χ0n) is 20.3. The van der Waals surface area contributed by atoms with Crippen LogP contribution in [-0.4, -0.2) is 69.3 Å². The Morgan fingerprint density at radius 3 is 2.26 bits per heavy atom. The first-order valence-corrected chi connectivity index (χ1v) is 12.4. The number of likely N-dealkylation sites (N-methyl/N-ethyl adjacent to an activating group) is 1. The monoisotopic (exact) mass is 514 g/mol. The lowest BCUT2D eigenvalue weighted by Crippen LogP contribution is -2.52. The fraction of sp³-hybridized carbons (Fsp3) is 0.545. The first kappa shape index (κ1) is 30.0. The van der Waals surface area contributed by atoms with Crippen molar-refractivity contribution in [3.63, 3.8) is 0 Å². The number of phenolic OH excluding ortho intramolecular Hbond substituents is 1. The van der Waals surface area contributed by atoms with Crippen molar-refractivity contribution in [1.29, 1.82) is 0 Å². The third-order valence-electron chi connectivity index (χ3n) is 5.03. The number of imide groups is 1. The van der Waals surface area contributed by atoms with Gasteiger partial charge in [0, 0.05) is 24.1 Å². The van der Waals surface area contributed by atoms with Gasteiger partial charge < -0.3 is 15.7 Å². The molecule has 0 aliphatic rings. The van der Waals surface area contributed by atoms with E-state index in [9.17, 15) is 33.7 Å². The van der Waals surface area contributed by atoms with Gasteiger partial charge in [-0.1, -0.05) is 20.3 Å². The third kappa shape index (κ3) is 10.4. The van der Waals surface area contributed by atoms with Gasteiger partial charge in [0.2, 0.25) is 11.8 Å². The fourth-order valence-electron chi connectivity index (χ4n) is 3.06. The lowest BCUT2D eigenvalue weighted by Gasteiger charge is -2.24. The van der Waals surface area contributed by atoms with Crippen LogP contribution in [0.1, 0.15) is 39.5 Å². The van der Waals surface area contributed by atoms with Gasteiger partial charge >= 0.3 is 6.03 Å². The number of hydrogen-bond donors (Lipinski definition) is 5. The van der Waals surface area contributed by atoms with Gasteiger partial charge in [-0.05, 0) is 43.0 Å². The maximum absolute atomic E-state index is 12.9. The minimum atomic E-state index is -1.64. The SMILES string of the molecule is CNC(=O)[C@H](CCC(=O)NOC)NC(=O)N(O)C(=O)[C@H](CCC(C)C)CS(=O)c1ccc(O)cc1.